The normalized spacial score (nSPS) is 11.8. The lowest BCUT2D eigenvalue weighted by Gasteiger charge is -2.04. The van der Waals surface area contributed by atoms with Crippen LogP contribution in [0.15, 0.2) is 18.2 Å². The van der Waals surface area contributed by atoms with E-state index in [2.05, 4.69) is 4.98 Å². The average Bonchev–Trinajstić information content (AvgIpc) is 2.68. The first-order valence-electron chi connectivity index (χ1n) is 5.52. The van der Waals surface area contributed by atoms with Crippen LogP contribution in [0, 0.1) is 0 Å². The third kappa shape index (κ3) is 3.23. The van der Waals surface area contributed by atoms with Gasteiger partial charge in [0, 0.05) is 0 Å². The van der Waals surface area contributed by atoms with Gasteiger partial charge in [0.15, 0.2) is 0 Å². The number of aromatic nitrogens is 1. The van der Waals surface area contributed by atoms with Crippen molar-refractivity contribution in [2.75, 3.05) is 6.61 Å². The van der Waals surface area contributed by atoms with Crippen molar-refractivity contribution in [1.29, 1.82) is 0 Å². The highest BCUT2D eigenvalue weighted by Gasteiger charge is 2.30. The summed E-state index contributed by atoms with van der Waals surface area (Å²) >= 11 is 1.07. The van der Waals surface area contributed by atoms with Gasteiger partial charge in [0.05, 0.1) is 28.8 Å². The van der Waals surface area contributed by atoms with Crippen molar-refractivity contribution in [3.8, 4) is 0 Å². The van der Waals surface area contributed by atoms with Gasteiger partial charge in [0.1, 0.15) is 5.01 Å². The minimum absolute atomic E-state index is 0.0193. The standard InChI is InChI=1S/C12H10F3NO2S/c1-2-18-11(17)6-10-16-8-4-3-7(12(13,14)15)5-9(8)19-10/h3-5H,2,6H2,1H3. The van der Waals surface area contributed by atoms with Gasteiger partial charge in [-0.1, -0.05) is 0 Å². The van der Waals surface area contributed by atoms with E-state index in [9.17, 15) is 18.0 Å². The highest BCUT2D eigenvalue weighted by Crippen LogP contribution is 2.33. The maximum absolute atomic E-state index is 12.5. The van der Waals surface area contributed by atoms with Crippen molar-refractivity contribution in [2.24, 2.45) is 0 Å². The third-order valence-corrected chi connectivity index (χ3v) is 3.38. The zero-order valence-electron chi connectivity index (χ0n) is 9.95. The lowest BCUT2D eigenvalue weighted by Crippen LogP contribution is -2.06. The number of halogens is 3. The van der Waals surface area contributed by atoms with Gasteiger partial charge in [-0.2, -0.15) is 13.2 Å². The Kier molecular flexibility index (Phi) is 3.75. The number of thiazole rings is 1. The van der Waals surface area contributed by atoms with Gasteiger partial charge in [-0.3, -0.25) is 4.79 Å². The molecule has 0 fully saturated rings. The molecule has 0 atom stereocenters. The Bertz CT molecular complexity index is 607. The van der Waals surface area contributed by atoms with Gasteiger partial charge >= 0.3 is 12.1 Å². The Balaban J connectivity index is 2.28. The number of hydrogen-bond acceptors (Lipinski definition) is 4. The molecule has 1 aromatic heterocycles. The number of fused-ring (bicyclic) bond motifs is 1. The van der Waals surface area contributed by atoms with Crippen LogP contribution >= 0.6 is 11.3 Å². The Morgan fingerprint density at radius 3 is 2.79 bits per heavy atom. The first-order valence-corrected chi connectivity index (χ1v) is 6.34. The maximum Gasteiger partial charge on any atom is 0.416 e. The summed E-state index contributed by atoms with van der Waals surface area (Å²) in [6.45, 7) is 1.95. The minimum Gasteiger partial charge on any atom is -0.466 e. The molecule has 0 radical (unpaired) electrons. The molecule has 7 heteroatoms. The van der Waals surface area contributed by atoms with E-state index in [-0.39, 0.29) is 13.0 Å². The Morgan fingerprint density at radius 2 is 2.16 bits per heavy atom. The Labute approximate surface area is 111 Å². The van der Waals surface area contributed by atoms with Crippen LogP contribution in [0.4, 0.5) is 13.2 Å². The third-order valence-electron chi connectivity index (χ3n) is 2.36. The summed E-state index contributed by atoms with van der Waals surface area (Å²) in [7, 11) is 0. The number of carbonyl (C=O) groups is 1. The average molecular weight is 289 g/mol. The molecule has 2 rings (SSSR count). The molecule has 19 heavy (non-hydrogen) atoms. The van der Waals surface area contributed by atoms with E-state index in [1.54, 1.807) is 6.92 Å². The van der Waals surface area contributed by atoms with Crippen molar-refractivity contribution in [2.45, 2.75) is 19.5 Å². The zero-order valence-corrected chi connectivity index (χ0v) is 10.8. The summed E-state index contributed by atoms with van der Waals surface area (Å²) in [6.07, 6.45) is -4.39. The van der Waals surface area contributed by atoms with Gasteiger partial charge in [-0.05, 0) is 25.1 Å². The molecule has 3 nitrogen and oxygen atoms in total. The smallest absolute Gasteiger partial charge is 0.416 e. The monoisotopic (exact) mass is 289 g/mol. The lowest BCUT2D eigenvalue weighted by molar-refractivity contribution is -0.142. The van der Waals surface area contributed by atoms with Crippen LogP contribution < -0.4 is 0 Å². The van der Waals surface area contributed by atoms with E-state index in [4.69, 9.17) is 4.74 Å². The van der Waals surface area contributed by atoms with Crippen molar-refractivity contribution in [3.63, 3.8) is 0 Å². The van der Waals surface area contributed by atoms with E-state index in [0.717, 1.165) is 23.5 Å². The van der Waals surface area contributed by atoms with E-state index >= 15 is 0 Å². The summed E-state index contributed by atoms with van der Waals surface area (Å²) in [4.78, 5) is 15.4. The number of nitrogens with zero attached hydrogens (tertiary/aromatic N) is 1. The molecule has 0 N–H and O–H groups in total. The SMILES string of the molecule is CCOC(=O)Cc1nc2ccc(C(F)(F)F)cc2s1. The number of hydrogen-bond donors (Lipinski definition) is 0. The predicted octanol–water partition coefficient (Wildman–Crippen LogP) is 3.42. The summed E-state index contributed by atoms with van der Waals surface area (Å²) in [5.74, 6) is -0.433. The number of benzene rings is 1. The van der Waals surface area contributed by atoms with Gasteiger partial charge in [-0.15, -0.1) is 11.3 Å². The van der Waals surface area contributed by atoms with Crippen LogP contribution in [0.2, 0.25) is 0 Å². The van der Waals surface area contributed by atoms with E-state index in [1.165, 1.54) is 6.07 Å². The molecule has 0 saturated carbocycles. The fourth-order valence-corrected chi connectivity index (χ4v) is 2.55. The second-order valence-corrected chi connectivity index (χ2v) is 4.88. The van der Waals surface area contributed by atoms with Crippen molar-refractivity contribution >= 4 is 27.5 Å². The van der Waals surface area contributed by atoms with E-state index in [0.29, 0.717) is 15.2 Å². The molecule has 0 spiro atoms. The second-order valence-electron chi connectivity index (χ2n) is 3.77. The van der Waals surface area contributed by atoms with Crippen LogP contribution in [0.3, 0.4) is 0 Å². The molecular formula is C12H10F3NO2S. The summed E-state index contributed by atoms with van der Waals surface area (Å²) in [6, 6.07) is 3.33. The number of carbonyl (C=O) groups excluding carboxylic acids is 1. The molecule has 1 aromatic carbocycles. The van der Waals surface area contributed by atoms with Gasteiger partial charge in [-0.25, -0.2) is 4.98 Å². The molecule has 0 amide bonds. The van der Waals surface area contributed by atoms with Crippen LogP contribution in [0.5, 0.6) is 0 Å². The Hall–Kier alpha value is -1.63. The molecular weight excluding hydrogens is 279 g/mol. The highest BCUT2D eigenvalue weighted by atomic mass is 32.1. The van der Waals surface area contributed by atoms with Crippen molar-refractivity contribution in [1.82, 2.24) is 4.98 Å². The van der Waals surface area contributed by atoms with Gasteiger partial charge in [0.25, 0.3) is 0 Å². The van der Waals surface area contributed by atoms with E-state index < -0.39 is 17.7 Å². The van der Waals surface area contributed by atoms with Crippen molar-refractivity contribution in [3.05, 3.63) is 28.8 Å². The summed E-state index contributed by atoms with van der Waals surface area (Å²) in [5, 5.41) is 0.452. The largest absolute Gasteiger partial charge is 0.466 e. The number of rotatable bonds is 3. The molecule has 2 aromatic rings. The van der Waals surface area contributed by atoms with Crippen LogP contribution in [0.1, 0.15) is 17.5 Å². The van der Waals surface area contributed by atoms with E-state index in [1.807, 2.05) is 0 Å². The molecule has 0 unspecified atom stereocenters. The van der Waals surface area contributed by atoms with Crippen molar-refractivity contribution < 1.29 is 22.7 Å². The second kappa shape index (κ2) is 5.16. The van der Waals surface area contributed by atoms with Gasteiger partial charge in [0.2, 0.25) is 0 Å². The molecule has 0 aliphatic heterocycles. The topological polar surface area (TPSA) is 39.2 Å². The first kappa shape index (κ1) is 13.8. The molecule has 0 aliphatic rings. The van der Waals surface area contributed by atoms with Crippen LogP contribution in [-0.4, -0.2) is 17.6 Å². The predicted molar refractivity (Wildman–Crippen MR) is 65.0 cm³/mol. The highest BCUT2D eigenvalue weighted by molar-refractivity contribution is 7.18. The maximum atomic E-state index is 12.5. The number of alkyl halides is 3. The first-order chi connectivity index (χ1) is 8.90. The molecule has 0 aliphatic carbocycles. The zero-order chi connectivity index (χ0) is 14.0. The van der Waals surface area contributed by atoms with Gasteiger partial charge < -0.3 is 4.74 Å². The molecule has 0 saturated heterocycles. The fourth-order valence-electron chi connectivity index (χ4n) is 1.56. The lowest BCUT2D eigenvalue weighted by atomic mass is 10.2. The van der Waals surface area contributed by atoms with Crippen LogP contribution in [0.25, 0.3) is 10.2 Å². The summed E-state index contributed by atoms with van der Waals surface area (Å²) in [5.41, 5.74) is -0.261. The minimum atomic E-state index is -4.38. The molecule has 102 valence electrons. The summed E-state index contributed by atoms with van der Waals surface area (Å²) < 4.78 is 42.8. The fraction of sp³-hybridized carbons (Fsp3) is 0.333. The molecule has 1 heterocycles. The molecule has 0 bridgehead atoms. The Morgan fingerprint density at radius 1 is 1.42 bits per heavy atom. The van der Waals surface area contributed by atoms with Crippen LogP contribution in [-0.2, 0) is 22.1 Å². The quantitative estimate of drug-likeness (QED) is 0.813. The number of esters is 1. The number of ether oxygens (including phenoxy) is 1.